The summed E-state index contributed by atoms with van der Waals surface area (Å²) >= 11 is 0. The van der Waals surface area contributed by atoms with Crippen LogP contribution in [0, 0.1) is 0 Å². The number of carboxylic acid groups (broad SMARTS) is 1. The van der Waals surface area contributed by atoms with Gasteiger partial charge in [0.05, 0.1) is 5.69 Å². The third-order valence-corrected chi connectivity index (χ3v) is 1.91. The Kier molecular flexibility index (Phi) is 3.37. The number of rotatable bonds is 5. The van der Waals surface area contributed by atoms with Gasteiger partial charge in [0.1, 0.15) is 0 Å². The zero-order valence-electron chi connectivity index (χ0n) is 7.66. The molecular weight excluding hydrogens is 168 g/mol. The highest BCUT2D eigenvalue weighted by molar-refractivity contribution is 5.66. The zero-order chi connectivity index (χ0) is 9.68. The van der Waals surface area contributed by atoms with Gasteiger partial charge in [0.2, 0.25) is 0 Å². The molecule has 0 aromatic carbocycles. The lowest BCUT2D eigenvalue weighted by atomic mass is 10.3. The van der Waals surface area contributed by atoms with Crippen LogP contribution in [-0.4, -0.2) is 29.7 Å². The summed E-state index contributed by atoms with van der Waals surface area (Å²) in [6.45, 7) is 0.768. The van der Waals surface area contributed by atoms with Gasteiger partial charge in [-0.1, -0.05) is 0 Å². The van der Waals surface area contributed by atoms with Gasteiger partial charge in [0.25, 0.3) is 0 Å². The van der Waals surface area contributed by atoms with Gasteiger partial charge >= 0.3 is 5.97 Å². The Labute approximate surface area is 77.2 Å². The molecule has 0 unspecified atom stereocenters. The average Bonchev–Trinajstić information content (AvgIpc) is 2.55. The molecule has 0 atom stereocenters. The van der Waals surface area contributed by atoms with Crippen LogP contribution in [0.4, 0.5) is 5.69 Å². The minimum absolute atomic E-state index is 0.231. The minimum Gasteiger partial charge on any atom is -0.481 e. The van der Waals surface area contributed by atoms with E-state index in [4.69, 9.17) is 5.11 Å². The Balaban J connectivity index is 2.26. The number of aromatic nitrogens is 1. The quantitative estimate of drug-likeness (QED) is 0.722. The predicted molar refractivity (Wildman–Crippen MR) is 50.9 cm³/mol. The summed E-state index contributed by atoms with van der Waals surface area (Å²) in [7, 11) is 1.95. The average molecular weight is 182 g/mol. The summed E-state index contributed by atoms with van der Waals surface area (Å²) in [5.41, 5.74) is 1.09. The fraction of sp³-hybridized carbons (Fsp3) is 0.444. The van der Waals surface area contributed by atoms with Gasteiger partial charge in [0, 0.05) is 32.4 Å². The monoisotopic (exact) mass is 182 g/mol. The van der Waals surface area contributed by atoms with E-state index in [1.807, 2.05) is 30.4 Å². The fourth-order valence-electron chi connectivity index (χ4n) is 1.15. The van der Waals surface area contributed by atoms with Crippen molar-refractivity contribution >= 4 is 11.7 Å². The number of nitrogens with one attached hydrogen (secondary N) is 1. The number of hydrogen-bond acceptors (Lipinski definition) is 2. The van der Waals surface area contributed by atoms with Gasteiger partial charge in [-0.2, -0.15) is 0 Å². The molecule has 1 heterocycles. The Hall–Kier alpha value is -1.45. The highest BCUT2D eigenvalue weighted by Crippen LogP contribution is 2.10. The van der Waals surface area contributed by atoms with Crippen molar-refractivity contribution in [2.75, 3.05) is 18.5 Å². The number of hydrogen-bond donors (Lipinski definition) is 2. The third-order valence-electron chi connectivity index (χ3n) is 1.91. The van der Waals surface area contributed by atoms with E-state index in [0.29, 0.717) is 6.42 Å². The van der Waals surface area contributed by atoms with Crippen LogP contribution in [0.3, 0.4) is 0 Å². The number of aromatic amines is 1. The number of carboxylic acids is 1. The lowest BCUT2D eigenvalue weighted by Crippen LogP contribution is -2.18. The van der Waals surface area contributed by atoms with Gasteiger partial charge in [-0.3, -0.25) is 4.79 Å². The van der Waals surface area contributed by atoms with Crippen molar-refractivity contribution < 1.29 is 9.90 Å². The number of aliphatic carboxylic acids is 1. The molecule has 1 aromatic rings. The van der Waals surface area contributed by atoms with E-state index in [9.17, 15) is 4.79 Å². The van der Waals surface area contributed by atoms with E-state index in [0.717, 1.165) is 12.2 Å². The van der Waals surface area contributed by atoms with Crippen molar-refractivity contribution in [3.63, 3.8) is 0 Å². The van der Waals surface area contributed by atoms with Gasteiger partial charge < -0.3 is 15.0 Å². The van der Waals surface area contributed by atoms with E-state index < -0.39 is 5.97 Å². The highest BCUT2D eigenvalue weighted by Gasteiger charge is 2.02. The summed E-state index contributed by atoms with van der Waals surface area (Å²) in [6, 6.07) is 1.96. The van der Waals surface area contributed by atoms with Crippen LogP contribution in [0.1, 0.15) is 12.8 Å². The van der Waals surface area contributed by atoms with Gasteiger partial charge in [-0.15, -0.1) is 0 Å². The molecule has 0 bridgehead atoms. The molecule has 0 amide bonds. The first-order valence-corrected chi connectivity index (χ1v) is 4.26. The number of nitrogens with zero attached hydrogens (tertiary/aromatic N) is 1. The summed E-state index contributed by atoms with van der Waals surface area (Å²) in [5.74, 6) is -0.734. The van der Waals surface area contributed by atoms with E-state index in [2.05, 4.69) is 4.98 Å². The molecule has 1 rings (SSSR count). The van der Waals surface area contributed by atoms with Crippen molar-refractivity contribution in [2.24, 2.45) is 0 Å². The molecule has 4 heteroatoms. The van der Waals surface area contributed by atoms with Crippen molar-refractivity contribution in [1.29, 1.82) is 0 Å². The molecule has 72 valence electrons. The van der Waals surface area contributed by atoms with Crippen LogP contribution in [-0.2, 0) is 4.79 Å². The van der Waals surface area contributed by atoms with E-state index in [1.54, 1.807) is 0 Å². The second-order valence-electron chi connectivity index (χ2n) is 2.99. The molecule has 4 nitrogen and oxygen atoms in total. The van der Waals surface area contributed by atoms with Crippen molar-refractivity contribution in [3.8, 4) is 0 Å². The lowest BCUT2D eigenvalue weighted by Gasteiger charge is -2.16. The van der Waals surface area contributed by atoms with Gasteiger partial charge in [-0.25, -0.2) is 0 Å². The van der Waals surface area contributed by atoms with E-state index in [1.165, 1.54) is 0 Å². The first-order chi connectivity index (χ1) is 6.20. The predicted octanol–water partition coefficient (Wildman–Crippen LogP) is 1.32. The normalized spacial score (nSPS) is 9.92. The van der Waals surface area contributed by atoms with Crippen LogP contribution < -0.4 is 4.90 Å². The van der Waals surface area contributed by atoms with Crippen LogP contribution in [0.5, 0.6) is 0 Å². The second kappa shape index (κ2) is 4.54. The van der Waals surface area contributed by atoms with Crippen LogP contribution in [0.25, 0.3) is 0 Å². The first-order valence-electron chi connectivity index (χ1n) is 4.26. The SMILES string of the molecule is CN(CCCC(=O)O)c1cc[nH]c1. The van der Waals surface area contributed by atoms with E-state index in [-0.39, 0.29) is 6.42 Å². The highest BCUT2D eigenvalue weighted by atomic mass is 16.4. The van der Waals surface area contributed by atoms with Crippen LogP contribution in [0.15, 0.2) is 18.5 Å². The standard InChI is InChI=1S/C9H14N2O2/c1-11(6-2-3-9(12)13)8-4-5-10-7-8/h4-5,7,10H,2-3,6H2,1H3,(H,12,13). The summed E-state index contributed by atoms with van der Waals surface area (Å²) in [4.78, 5) is 15.2. The first kappa shape index (κ1) is 9.64. The second-order valence-corrected chi connectivity index (χ2v) is 2.99. The zero-order valence-corrected chi connectivity index (χ0v) is 7.66. The molecule has 0 radical (unpaired) electrons. The maximum Gasteiger partial charge on any atom is 0.303 e. The molecular formula is C9H14N2O2. The van der Waals surface area contributed by atoms with Crippen LogP contribution in [0.2, 0.25) is 0 Å². The Bertz CT molecular complexity index is 257. The van der Waals surface area contributed by atoms with Crippen molar-refractivity contribution in [3.05, 3.63) is 18.5 Å². The summed E-state index contributed by atoms with van der Waals surface area (Å²) < 4.78 is 0. The van der Waals surface area contributed by atoms with Gasteiger partial charge in [0.15, 0.2) is 0 Å². The largest absolute Gasteiger partial charge is 0.481 e. The molecule has 13 heavy (non-hydrogen) atoms. The third kappa shape index (κ3) is 3.19. The molecule has 0 fully saturated rings. The maximum atomic E-state index is 10.2. The fourth-order valence-corrected chi connectivity index (χ4v) is 1.15. The van der Waals surface area contributed by atoms with E-state index >= 15 is 0 Å². The Morgan fingerprint density at radius 3 is 3.00 bits per heavy atom. The Morgan fingerprint density at radius 2 is 2.46 bits per heavy atom. The van der Waals surface area contributed by atoms with Crippen molar-refractivity contribution in [2.45, 2.75) is 12.8 Å². The minimum atomic E-state index is -0.734. The molecule has 2 N–H and O–H groups in total. The smallest absolute Gasteiger partial charge is 0.303 e. The summed E-state index contributed by atoms with van der Waals surface area (Å²) in [6.07, 6.45) is 4.65. The summed E-state index contributed by atoms with van der Waals surface area (Å²) in [5, 5.41) is 8.43. The van der Waals surface area contributed by atoms with Crippen LogP contribution >= 0.6 is 0 Å². The molecule has 1 aromatic heterocycles. The number of anilines is 1. The lowest BCUT2D eigenvalue weighted by molar-refractivity contribution is -0.137. The van der Waals surface area contributed by atoms with Crippen molar-refractivity contribution in [1.82, 2.24) is 4.98 Å². The molecule has 0 saturated heterocycles. The molecule has 0 aliphatic heterocycles. The topological polar surface area (TPSA) is 56.3 Å². The Morgan fingerprint density at radius 1 is 1.69 bits per heavy atom. The number of carbonyl (C=O) groups is 1. The molecule has 0 aliphatic carbocycles. The maximum absolute atomic E-state index is 10.2. The van der Waals surface area contributed by atoms with Gasteiger partial charge in [-0.05, 0) is 12.5 Å². The molecule has 0 saturated carbocycles. The molecule has 0 spiro atoms. The molecule has 0 aliphatic rings. The number of H-pyrrole nitrogens is 1.